The van der Waals surface area contributed by atoms with E-state index in [1.54, 1.807) is 5.57 Å². The molecule has 3 aliphatic carbocycles. The van der Waals surface area contributed by atoms with Gasteiger partial charge in [0.25, 0.3) is 0 Å². The van der Waals surface area contributed by atoms with Crippen molar-refractivity contribution in [1.29, 1.82) is 0 Å². The van der Waals surface area contributed by atoms with Gasteiger partial charge in [-0.25, -0.2) is 0 Å². The summed E-state index contributed by atoms with van der Waals surface area (Å²) in [6.45, 7) is 18.2. The van der Waals surface area contributed by atoms with Gasteiger partial charge in [0.05, 0.1) is 0 Å². The van der Waals surface area contributed by atoms with Gasteiger partial charge in [0.1, 0.15) is 0 Å². The molecule has 3 aliphatic rings. The van der Waals surface area contributed by atoms with Crippen LogP contribution in [0, 0.1) is 12.8 Å². The van der Waals surface area contributed by atoms with Crippen molar-refractivity contribution in [2.24, 2.45) is 23.1 Å². The van der Waals surface area contributed by atoms with Gasteiger partial charge in [-0.3, -0.25) is 0 Å². The van der Waals surface area contributed by atoms with E-state index in [9.17, 15) is 0 Å². The molecule has 0 saturated heterocycles. The molecule has 6 N–H and O–H groups in total. The van der Waals surface area contributed by atoms with E-state index in [0.29, 0.717) is 19.0 Å². The molecule has 330 valence electrons. The van der Waals surface area contributed by atoms with Gasteiger partial charge in [0.15, 0.2) is 0 Å². The maximum Gasteiger partial charge on any atom is 0.0178 e. The Balaban J connectivity index is 0.000000304. The minimum Gasteiger partial charge on any atom is -0.333 e. The van der Waals surface area contributed by atoms with Crippen molar-refractivity contribution in [2.45, 2.75) is 107 Å². The van der Waals surface area contributed by atoms with Crippen LogP contribution in [0.2, 0.25) is 0 Å². The standard InChI is InChI=1S/C24H21N.C15H22.C10H14.C7H11N.C2H6.CH5N/c1-17-5-9-20(10-6-17)23-4-2-3-22-15-21(13-14-24(22)23)19-11-7-18(16-25)8-12-19;1-3-8-14(9-4-2)12-13-15-10-6-5-7-11-15;1-8-4-6-9(2)10(3)7-5-8;8-6-7-4-2-1-3-5-7;2*1-2/h2-15H,16,25H2,1H3;3,5-6,8-10H,4,7,11-13H2,1-2H3;4-7,9H,1-3H3;2,4-5H,1,3,6,8H2;1-2H3;2H2,1H3/b;8-3-,14-9+;;;;. The van der Waals surface area contributed by atoms with Crippen molar-refractivity contribution in [2.75, 3.05) is 13.6 Å². The van der Waals surface area contributed by atoms with E-state index in [-0.39, 0.29) is 0 Å². The predicted octanol–water partition coefficient (Wildman–Crippen LogP) is 15.8. The fourth-order valence-electron chi connectivity index (χ4n) is 6.91. The van der Waals surface area contributed by atoms with Crippen molar-refractivity contribution in [3.05, 3.63) is 203 Å². The summed E-state index contributed by atoms with van der Waals surface area (Å²) in [7, 11) is 1.50. The molecule has 1 atom stereocenters. The largest absolute Gasteiger partial charge is 0.333 e. The predicted molar refractivity (Wildman–Crippen MR) is 279 cm³/mol. The fraction of sp³-hybridized carbons (Fsp3) is 0.322. The van der Waals surface area contributed by atoms with Crippen LogP contribution in [-0.2, 0) is 6.54 Å². The molecule has 0 aliphatic heterocycles. The molecule has 1 unspecified atom stereocenters. The number of aryl methyl sites for hydroxylation is 1. The SMILES string of the molecule is C/C=C\C(=C/CC)CCC1=CC=CCC1.CC.CC1=CC=C(C)C(C)C=C1.CN.Cc1ccc(-c2cccc3cc(-c4ccc(CN)cc4)ccc23)cc1.NCC1=CCCC=C1. The Morgan fingerprint density at radius 1 is 0.742 bits per heavy atom. The average molecular weight is 830 g/mol. The zero-order valence-electron chi connectivity index (χ0n) is 39.8. The lowest BCUT2D eigenvalue weighted by atomic mass is 9.94. The number of allylic oxidation sites excluding steroid dienone is 16. The monoisotopic (exact) mass is 830 g/mol. The molecule has 3 nitrogen and oxygen atoms in total. The third-order valence-electron chi connectivity index (χ3n) is 10.7. The molecule has 7 rings (SSSR count). The molecule has 4 aromatic carbocycles. The number of hydrogen-bond acceptors (Lipinski definition) is 3. The van der Waals surface area contributed by atoms with Gasteiger partial charge in [-0.2, -0.15) is 0 Å². The van der Waals surface area contributed by atoms with Gasteiger partial charge >= 0.3 is 0 Å². The fourth-order valence-corrected chi connectivity index (χ4v) is 6.91. The third-order valence-corrected chi connectivity index (χ3v) is 10.7. The number of benzene rings is 4. The Labute approximate surface area is 378 Å². The normalized spacial score (nSPS) is 15.2. The molecule has 0 fully saturated rings. The lowest BCUT2D eigenvalue weighted by Gasteiger charge is -2.10. The molecule has 0 heterocycles. The third kappa shape index (κ3) is 19.2. The van der Waals surface area contributed by atoms with Gasteiger partial charge in [-0.15, -0.1) is 0 Å². The van der Waals surface area contributed by atoms with Crippen LogP contribution in [-0.4, -0.2) is 13.6 Å². The second-order valence-electron chi connectivity index (χ2n) is 15.4. The zero-order chi connectivity index (χ0) is 45.5. The minimum absolute atomic E-state index is 0.581. The highest BCUT2D eigenvalue weighted by Crippen LogP contribution is 2.32. The first-order valence-corrected chi connectivity index (χ1v) is 23.0. The van der Waals surface area contributed by atoms with Crippen molar-refractivity contribution >= 4 is 10.8 Å². The van der Waals surface area contributed by atoms with E-state index in [4.69, 9.17) is 11.5 Å². The summed E-state index contributed by atoms with van der Waals surface area (Å²) in [5.74, 6) is 0.605. The maximum absolute atomic E-state index is 5.69. The van der Waals surface area contributed by atoms with Crippen molar-refractivity contribution in [1.82, 2.24) is 0 Å². The number of hydrogen-bond donors (Lipinski definition) is 3. The van der Waals surface area contributed by atoms with Gasteiger partial charge < -0.3 is 17.2 Å². The summed E-state index contributed by atoms with van der Waals surface area (Å²) in [4.78, 5) is 0. The lowest BCUT2D eigenvalue weighted by molar-refractivity contribution is 0.839. The molecule has 0 aromatic heterocycles. The molecule has 0 saturated carbocycles. The summed E-state index contributed by atoms with van der Waals surface area (Å²) in [5.41, 5.74) is 30.1. The molecule has 0 amide bonds. The summed E-state index contributed by atoms with van der Waals surface area (Å²) in [5, 5.41) is 2.55. The highest BCUT2D eigenvalue weighted by molar-refractivity contribution is 5.98. The summed E-state index contributed by atoms with van der Waals surface area (Å²) < 4.78 is 0. The second-order valence-corrected chi connectivity index (χ2v) is 15.4. The van der Waals surface area contributed by atoms with E-state index >= 15 is 0 Å². The minimum atomic E-state index is 0.581. The highest BCUT2D eigenvalue weighted by Gasteiger charge is 2.06. The summed E-state index contributed by atoms with van der Waals surface area (Å²) >= 11 is 0. The molecule has 3 heteroatoms. The van der Waals surface area contributed by atoms with Crippen LogP contribution in [0.15, 0.2) is 192 Å². The Morgan fingerprint density at radius 3 is 2.05 bits per heavy atom. The summed E-state index contributed by atoms with van der Waals surface area (Å²) in [6.07, 6.45) is 37.1. The Hall–Kier alpha value is -5.32. The molecule has 0 spiro atoms. The van der Waals surface area contributed by atoms with Crippen LogP contribution in [0.4, 0.5) is 0 Å². The molecule has 4 aromatic rings. The maximum atomic E-state index is 5.69. The first-order valence-electron chi connectivity index (χ1n) is 23.0. The van der Waals surface area contributed by atoms with E-state index in [0.717, 1.165) is 12.0 Å². The number of fused-ring (bicyclic) bond motifs is 1. The zero-order valence-corrected chi connectivity index (χ0v) is 39.8. The van der Waals surface area contributed by atoms with Crippen LogP contribution in [0.1, 0.15) is 105 Å². The van der Waals surface area contributed by atoms with Crippen LogP contribution in [0.5, 0.6) is 0 Å². The van der Waals surface area contributed by atoms with E-state index < -0.39 is 0 Å². The number of rotatable bonds is 9. The Bertz CT molecular complexity index is 2160. The number of nitrogens with two attached hydrogens (primary N) is 3. The van der Waals surface area contributed by atoms with E-state index in [1.807, 2.05) is 13.8 Å². The Morgan fingerprint density at radius 2 is 1.45 bits per heavy atom. The highest BCUT2D eigenvalue weighted by atomic mass is 14.5. The lowest BCUT2D eigenvalue weighted by Crippen LogP contribution is -2.01. The topological polar surface area (TPSA) is 78.1 Å². The van der Waals surface area contributed by atoms with Gasteiger partial charge in [-0.1, -0.05) is 213 Å². The first kappa shape index (κ1) is 52.8. The van der Waals surface area contributed by atoms with Gasteiger partial charge in [0, 0.05) is 13.1 Å². The second kappa shape index (κ2) is 31.5. The van der Waals surface area contributed by atoms with Gasteiger partial charge in [-0.05, 0) is 136 Å². The quantitative estimate of drug-likeness (QED) is 0.147. The van der Waals surface area contributed by atoms with Crippen LogP contribution in [0.3, 0.4) is 0 Å². The van der Waals surface area contributed by atoms with Crippen LogP contribution < -0.4 is 17.2 Å². The van der Waals surface area contributed by atoms with Crippen molar-refractivity contribution < 1.29 is 0 Å². The molecular formula is C59H79N3. The van der Waals surface area contributed by atoms with Crippen LogP contribution >= 0.6 is 0 Å². The van der Waals surface area contributed by atoms with Crippen LogP contribution in [0.25, 0.3) is 33.0 Å². The van der Waals surface area contributed by atoms with Crippen molar-refractivity contribution in [3.63, 3.8) is 0 Å². The molecule has 0 radical (unpaired) electrons. The van der Waals surface area contributed by atoms with Gasteiger partial charge in [0.2, 0.25) is 0 Å². The molecule has 0 bridgehead atoms. The average Bonchev–Trinajstić information content (AvgIpc) is 3.48. The Kier molecular flexibility index (Phi) is 26.8. The first-order chi connectivity index (χ1) is 30.2. The molecule has 62 heavy (non-hydrogen) atoms. The van der Waals surface area contributed by atoms with Crippen molar-refractivity contribution in [3.8, 4) is 22.3 Å². The molecular weight excluding hydrogens is 751 g/mol. The smallest absolute Gasteiger partial charge is 0.0178 e. The van der Waals surface area contributed by atoms with E-state index in [2.05, 4.69) is 211 Å². The summed E-state index contributed by atoms with van der Waals surface area (Å²) in [6, 6.07) is 30.5. The van der Waals surface area contributed by atoms with E-state index in [1.165, 1.54) is 106 Å².